The van der Waals surface area contributed by atoms with Gasteiger partial charge in [-0.05, 0) is 44.2 Å². The Morgan fingerprint density at radius 2 is 1.81 bits per heavy atom. The lowest BCUT2D eigenvalue weighted by Gasteiger charge is -2.33. The Labute approximate surface area is 212 Å². The van der Waals surface area contributed by atoms with Crippen molar-refractivity contribution in [3.8, 4) is 5.75 Å². The summed E-state index contributed by atoms with van der Waals surface area (Å²) in [5.41, 5.74) is 0.244. The first-order valence-corrected chi connectivity index (χ1v) is 12.8. The van der Waals surface area contributed by atoms with Gasteiger partial charge < -0.3 is 30.3 Å². The molecule has 1 aromatic rings. The van der Waals surface area contributed by atoms with Crippen LogP contribution in [0.5, 0.6) is 5.75 Å². The normalized spacial score (nSPS) is 22.9. The monoisotopic (exact) mass is 502 g/mol. The lowest BCUT2D eigenvalue weighted by atomic mass is 10.0. The molecule has 198 valence electrons. The van der Waals surface area contributed by atoms with E-state index in [0.29, 0.717) is 51.2 Å². The van der Waals surface area contributed by atoms with Crippen LogP contribution < -0.4 is 15.4 Å². The molecule has 0 saturated carbocycles. The van der Waals surface area contributed by atoms with Crippen LogP contribution in [-0.2, 0) is 14.4 Å². The minimum absolute atomic E-state index is 0.150. The molecule has 2 heterocycles. The molecule has 0 bridgehead atoms. The molecule has 4 amide bonds. The van der Waals surface area contributed by atoms with Gasteiger partial charge >= 0.3 is 0 Å². The molecule has 1 fully saturated rings. The quantitative estimate of drug-likeness (QED) is 0.562. The number of carbonyl (C=O) groups excluding carboxylic acids is 4. The first-order chi connectivity index (χ1) is 17.2. The fourth-order valence-corrected chi connectivity index (χ4v) is 4.56. The molecule has 2 atom stereocenters. The first-order valence-electron chi connectivity index (χ1n) is 12.8. The number of nitrogens with zero attached hydrogens (tertiary/aromatic N) is 2. The molecule has 0 radical (unpaired) electrons. The van der Waals surface area contributed by atoms with Gasteiger partial charge in [0.15, 0.2) is 0 Å². The topological polar surface area (TPSA) is 128 Å². The number of aliphatic hydroxyl groups excluding tert-OH is 1. The number of benzene rings is 1. The van der Waals surface area contributed by atoms with Crippen molar-refractivity contribution in [1.29, 1.82) is 0 Å². The van der Waals surface area contributed by atoms with E-state index in [4.69, 9.17) is 4.74 Å². The highest BCUT2D eigenvalue weighted by molar-refractivity contribution is 6.01. The smallest absolute Gasteiger partial charge is 0.255 e. The number of para-hydroxylation sites is 1. The Kier molecular flexibility index (Phi) is 9.69. The lowest BCUT2D eigenvalue weighted by molar-refractivity contribution is -0.139. The molecule has 10 heteroatoms. The third kappa shape index (κ3) is 7.19. The average molecular weight is 503 g/mol. The maximum atomic E-state index is 13.4. The van der Waals surface area contributed by atoms with Crippen molar-refractivity contribution in [2.24, 2.45) is 5.92 Å². The molecule has 0 unspecified atom stereocenters. The number of aliphatic hydroxyl groups is 1. The number of rotatable bonds is 4. The summed E-state index contributed by atoms with van der Waals surface area (Å²) in [7, 11) is 0. The Morgan fingerprint density at radius 3 is 2.47 bits per heavy atom. The molecule has 36 heavy (non-hydrogen) atoms. The summed E-state index contributed by atoms with van der Waals surface area (Å²) in [5, 5.41) is 15.4. The maximum Gasteiger partial charge on any atom is 0.255 e. The number of fused-ring (bicyclic) bond motifs is 1. The molecule has 0 aromatic heterocycles. The number of piperidine rings is 1. The predicted octanol–water partition coefficient (Wildman–Crippen LogP) is 0.930. The van der Waals surface area contributed by atoms with Crippen LogP contribution in [-0.4, -0.2) is 89.5 Å². The molecule has 3 rings (SSSR count). The van der Waals surface area contributed by atoms with Crippen molar-refractivity contribution in [2.75, 3.05) is 32.8 Å². The van der Waals surface area contributed by atoms with E-state index >= 15 is 0 Å². The number of likely N-dealkylation sites (N-methyl/N-ethyl adjacent to an activating group) is 1. The molecule has 0 spiro atoms. The summed E-state index contributed by atoms with van der Waals surface area (Å²) >= 11 is 0. The minimum atomic E-state index is -1.12. The Morgan fingerprint density at radius 1 is 1.11 bits per heavy atom. The zero-order valence-corrected chi connectivity index (χ0v) is 21.4. The number of hydrogen-bond acceptors (Lipinski definition) is 6. The lowest BCUT2D eigenvalue weighted by Crippen LogP contribution is -2.55. The highest BCUT2D eigenvalue weighted by atomic mass is 16.5. The molecule has 10 nitrogen and oxygen atoms in total. The van der Waals surface area contributed by atoms with Crippen LogP contribution >= 0.6 is 0 Å². The third-order valence-corrected chi connectivity index (χ3v) is 6.55. The van der Waals surface area contributed by atoms with Gasteiger partial charge in [-0.25, -0.2) is 0 Å². The van der Waals surface area contributed by atoms with E-state index in [0.717, 1.165) is 0 Å². The molecule has 3 N–H and O–H groups in total. The van der Waals surface area contributed by atoms with Gasteiger partial charge in [0, 0.05) is 19.6 Å². The van der Waals surface area contributed by atoms with Gasteiger partial charge in [0.25, 0.3) is 5.91 Å². The fourth-order valence-electron chi connectivity index (χ4n) is 4.56. The molecule has 1 aromatic carbocycles. The molecule has 1 saturated heterocycles. The second-order valence-electron chi connectivity index (χ2n) is 9.80. The van der Waals surface area contributed by atoms with Crippen LogP contribution in [0.1, 0.15) is 56.8 Å². The summed E-state index contributed by atoms with van der Waals surface area (Å²) in [6, 6.07) is 4.82. The van der Waals surface area contributed by atoms with Crippen LogP contribution in [0.25, 0.3) is 0 Å². The van der Waals surface area contributed by atoms with E-state index in [1.165, 1.54) is 0 Å². The van der Waals surface area contributed by atoms with E-state index in [1.807, 2.05) is 20.8 Å². The second-order valence-corrected chi connectivity index (χ2v) is 9.80. The second kappa shape index (κ2) is 12.7. The van der Waals surface area contributed by atoms with Gasteiger partial charge in [-0.2, -0.15) is 0 Å². The highest BCUT2D eigenvalue weighted by Gasteiger charge is 2.33. The molecular weight excluding hydrogens is 464 g/mol. The van der Waals surface area contributed by atoms with Crippen LogP contribution in [0.4, 0.5) is 0 Å². The number of likely N-dealkylation sites (tertiary alicyclic amines) is 1. The van der Waals surface area contributed by atoms with Crippen molar-refractivity contribution in [2.45, 2.75) is 64.6 Å². The van der Waals surface area contributed by atoms with E-state index in [2.05, 4.69) is 10.6 Å². The van der Waals surface area contributed by atoms with E-state index < -0.39 is 35.9 Å². The zero-order chi connectivity index (χ0) is 26.2. The standard InChI is InChI=1S/C26H38N4O6/c1-4-29-13-14-36-22-8-6-5-7-19(22)24(33)28-21(26(35)30-11-9-18(31)10-12-30)16-23(32)27-20(25(29)34)15-17(2)3/h5-8,17-18,20-21,31H,4,9-16H2,1-3H3,(H,27,32)(H,28,33)/t20-,21+/m1/s1. The van der Waals surface area contributed by atoms with Crippen molar-refractivity contribution in [3.63, 3.8) is 0 Å². The van der Waals surface area contributed by atoms with Crippen LogP contribution in [0, 0.1) is 5.92 Å². The van der Waals surface area contributed by atoms with Gasteiger partial charge in [0.2, 0.25) is 17.7 Å². The summed E-state index contributed by atoms with van der Waals surface area (Å²) in [5.74, 6) is -1.11. The predicted molar refractivity (Wildman–Crippen MR) is 133 cm³/mol. The van der Waals surface area contributed by atoms with Gasteiger partial charge in [0.1, 0.15) is 24.4 Å². The van der Waals surface area contributed by atoms with Crippen LogP contribution in [0.2, 0.25) is 0 Å². The molecule has 2 aliphatic rings. The fraction of sp³-hybridized carbons (Fsp3) is 0.615. The number of carbonyl (C=O) groups is 4. The summed E-state index contributed by atoms with van der Waals surface area (Å²) in [4.78, 5) is 56.2. The summed E-state index contributed by atoms with van der Waals surface area (Å²) < 4.78 is 5.88. The van der Waals surface area contributed by atoms with Gasteiger partial charge in [-0.3, -0.25) is 19.2 Å². The summed E-state index contributed by atoms with van der Waals surface area (Å²) in [6.45, 7) is 7.40. The molecule has 2 aliphatic heterocycles. The van der Waals surface area contributed by atoms with Crippen molar-refractivity contribution in [3.05, 3.63) is 29.8 Å². The Hall–Kier alpha value is -3.14. The maximum absolute atomic E-state index is 13.4. The van der Waals surface area contributed by atoms with Gasteiger partial charge in [-0.15, -0.1) is 0 Å². The average Bonchev–Trinajstić information content (AvgIpc) is 2.85. The largest absolute Gasteiger partial charge is 0.491 e. The van der Waals surface area contributed by atoms with E-state index in [-0.39, 0.29) is 30.4 Å². The number of nitrogens with one attached hydrogen (secondary N) is 2. The van der Waals surface area contributed by atoms with Crippen LogP contribution in [0.3, 0.4) is 0 Å². The Bertz CT molecular complexity index is 944. The number of amides is 4. The molecular formula is C26H38N4O6. The van der Waals surface area contributed by atoms with Crippen molar-refractivity contribution in [1.82, 2.24) is 20.4 Å². The van der Waals surface area contributed by atoms with Gasteiger partial charge in [-0.1, -0.05) is 26.0 Å². The van der Waals surface area contributed by atoms with Crippen LogP contribution in [0.15, 0.2) is 24.3 Å². The third-order valence-electron chi connectivity index (χ3n) is 6.55. The van der Waals surface area contributed by atoms with Gasteiger partial charge in [0.05, 0.1) is 24.6 Å². The molecule has 0 aliphatic carbocycles. The van der Waals surface area contributed by atoms with Crippen molar-refractivity contribution < 1.29 is 29.0 Å². The van der Waals surface area contributed by atoms with E-state index in [1.54, 1.807) is 34.1 Å². The Balaban J connectivity index is 1.92. The SMILES string of the molecule is CCN1CCOc2ccccc2C(=O)N[C@H](C(=O)N2CCC(O)CC2)CC(=O)N[C@H](CC(C)C)C1=O. The summed E-state index contributed by atoms with van der Waals surface area (Å²) in [6.07, 6.45) is 0.546. The number of ether oxygens (including phenoxy) is 1. The first kappa shape index (κ1) is 27.4. The zero-order valence-electron chi connectivity index (χ0n) is 21.4. The minimum Gasteiger partial charge on any atom is -0.491 e. The van der Waals surface area contributed by atoms with Crippen molar-refractivity contribution >= 4 is 23.6 Å². The van der Waals surface area contributed by atoms with E-state index in [9.17, 15) is 24.3 Å². The number of hydrogen-bond donors (Lipinski definition) is 3. The highest BCUT2D eigenvalue weighted by Crippen LogP contribution is 2.20.